The highest BCUT2D eigenvalue weighted by Gasteiger charge is 2.55. The Hall–Kier alpha value is -3.26. The number of hydrogen-bond donors (Lipinski definition) is 2. The standard InChI is InChI=1S/C22H22N2O6/c1-22-11-15(14-4-2-3-5-16(14)30-22)19(21(27)24(22)8-9-25)20(26)23-13-6-7-17-18(10-13)29-12-28-17/h2-7,10,15,19,25H,8-9,11-12H2,1H3,(H,23,26)/t15-,19+,22-/m0/s1. The average Bonchev–Trinajstić information content (AvgIpc) is 3.19. The van der Waals surface area contributed by atoms with Gasteiger partial charge < -0.3 is 29.5 Å². The first-order valence-corrected chi connectivity index (χ1v) is 9.91. The fourth-order valence-electron chi connectivity index (χ4n) is 4.65. The first kappa shape index (κ1) is 18.7. The van der Waals surface area contributed by atoms with Gasteiger partial charge in [0, 0.05) is 30.6 Å². The molecule has 156 valence electrons. The van der Waals surface area contributed by atoms with Crippen LogP contribution in [0.15, 0.2) is 42.5 Å². The van der Waals surface area contributed by atoms with Gasteiger partial charge in [-0.05, 0) is 30.7 Å². The number of ether oxygens (including phenoxy) is 3. The van der Waals surface area contributed by atoms with E-state index in [1.54, 1.807) is 18.2 Å². The van der Waals surface area contributed by atoms with Crippen molar-refractivity contribution in [2.75, 3.05) is 25.3 Å². The van der Waals surface area contributed by atoms with Crippen LogP contribution in [0.1, 0.15) is 24.8 Å². The van der Waals surface area contributed by atoms with Gasteiger partial charge in [-0.2, -0.15) is 0 Å². The van der Waals surface area contributed by atoms with Gasteiger partial charge in [-0.1, -0.05) is 18.2 Å². The van der Waals surface area contributed by atoms with Crippen LogP contribution in [0.3, 0.4) is 0 Å². The Balaban J connectivity index is 1.50. The summed E-state index contributed by atoms with van der Waals surface area (Å²) in [6, 6.07) is 12.6. The number of anilines is 1. The number of amides is 2. The summed E-state index contributed by atoms with van der Waals surface area (Å²) in [6.45, 7) is 1.85. The molecule has 1 fully saturated rings. The van der Waals surface area contributed by atoms with Crippen LogP contribution in [0.2, 0.25) is 0 Å². The van der Waals surface area contributed by atoms with Crippen molar-refractivity contribution in [3.05, 3.63) is 48.0 Å². The number of rotatable bonds is 4. The van der Waals surface area contributed by atoms with Gasteiger partial charge in [0.05, 0.1) is 6.61 Å². The van der Waals surface area contributed by atoms with Crippen molar-refractivity contribution in [1.82, 2.24) is 4.90 Å². The minimum atomic E-state index is -0.930. The predicted molar refractivity (Wildman–Crippen MR) is 106 cm³/mol. The first-order chi connectivity index (χ1) is 14.5. The Morgan fingerprint density at radius 3 is 2.83 bits per heavy atom. The van der Waals surface area contributed by atoms with Gasteiger partial charge in [-0.25, -0.2) is 0 Å². The van der Waals surface area contributed by atoms with E-state index >= 15 is 0 Å². The molecule has 2 amide bonds. The van der Waals surface area contributed by atoms with E-state index in [0.717, 1.165) is 5.56 Å². The molecule has 5 rings (SSSR count). The van der Waals surface area contributed by atoms with E-state index in [9.17, 15) is 14.7 Å². The molecule has 0 radical (unpaired) electrons. The molecule has 2 aromatic rings. The van der Waals surface area contributed by atoms with E-state index in [4.69, 9.17) is 14.2 Å². The second-order valence-corrected chi connectivity index (χ2v) is 7.87. The average molecular weight is 410 g/mol. The van der Waals surface area contributed by atoms with E-state index in [1.165, 1.54) is 4.90 Å². The Labute approximate surface area is 173 Å². The minimum absolute atomic E-state index is 0.0953. The van der Waals surface area contributed by atoms with E-state index in [0.29, 0.717) is 29.4 Å². The predicted octanol–water partition coefficient (Wildman–Crippen LogP) is 2.09. The third-order valence-electron chi connectivity index (χ3n) is 6.00. The quantitative estimate of drug-likeness (QED) is 0.750. The van der Waals surface area contributed by atoms with E-state index in [-0.39, 0.29) is 31.8 Å². The fourth-order valence-corrected chi connectivity index (χ4v) is 4.65. The first-order valence-electron chi connectivity index (χ1n) is 9.91. The van der Waals surface area contributed by atoms with Crippen LogP contribution in [0, 0.1) is 5.92 Å². The normalized spacial score (nSPS) is 26.1. The van der Waals surface area contributed by atoms with Crippen molar-refractivity contribution >= 4 is 17.5 Å². The van der Waals surface area contributed by atoms with Gasteiger partial charge in [0.15, 0.2) is 17.2 Å². The van der Waals surface area contributed by atoms with Crippen LogP contribution < -0.4 is 19.5 Å². The lowest BCUT2D eigenvalue weighted by molar-refractivity contribution is -0.176. The monoisotopic (exact) mass is 410 g/mol. The SMILES string of the molecule is C[C@@]12C[C@@H](c3ccccc3O1)[C@H](C(=O)Nc1ccc3c(c1)OCO3)C(=O)N2CCO. The Morgan fingerprint density at radius 1 is 1.20 bits per heavy atom. The molecule has 0 spiro atoms. The number of piperidine rings is 1. The highest BCUT2D eigenvalue weighted by molar-refractivity contribution is 6.08. The van der Waals surface area contributed by atoms with Gasteiger partial charge in [0.2, 0.25) is 18.6 Å². The number of nitrogens with zero attached hydrogens (tertiary/aromatic N) is 1. The summed E-state index contributed by atoms with van der Waals surface area (Å²) in [7, 11) is 0. The molecule has 2 bridgehead atoms. The van der Waals surface area contributed by atoms with E-state index < -0.39 is 17.6 Å². The van der Waals surface area contributed by atoms with Gasteiger partial charge in [-0.15, -0.1) is 0 Å². The van der Waals surface area contributed by atoms with Crippen molar-refractivity contribution in [3.8, 4) is 17.2 Å². The number of nitrogens with one attached hydrogen (secondary N) is 1. The molecule has 3 aliphatic heterocycles. The minimum Gasteiger partial charge on any atom is -0.468 e. The highest BCUT2D eigenvalue weighted by Crippen LogP contribution is 2.50. The summed E-state index contributed by atoms with van der Waals surface area (Å²) in [6.07, 6.45) is 0.467. The zero-order chi connectivity index (χ0) is 20.9. The highest BCUT2D eigenvalue weighted by atomic mass is 16.7. The molecular formula is C22H22N2O6. The summed E-state index contributed by atoms with van der Waals surface area (Å²) >= 11 is 0. The fraction of sp³-hybridized carbons (Fsp3) is 0.364. The van der Waals surface area contributed by atoms with Crippen molar-refractivity contribution in [3.63, 3.8) is 0 Å². The van der Waals surface area contributed by atoms with Crippen LogP contribution in [0.25, 0.3) is 0 Å². The molecule has 8 heteroatoms. The maximum absolute atomic E-state index is 13.4. The summed E-state index contributed by atoms with van der Waals surface area (Å²) in [4.78, 5) is 28.2. The van der Waals surface area contributed by atoms with Crippen molar-refractivity contribution < 1.29 is 28.9 Å². The van der Waals surface area contributed by atoms with E-state index in [2.05, 4.69) is 5.32 Å². The third kappa shape index (κ3) is 2.87. The maximum Gasteiger partial charge on any atom is 0.238 e. The lowest BCUT2D eigenvalue weighted by Crippen LogP contribution is -2.64. The van der Waals surface area contributed by atoms with Gasteiger partial charge in [-0.3, -0.25) is 9.59 Å². The molecule has 0 saturated carbocycles. The molecule has 2 N–H and O–H groups in total. The second-order valence-electron chi connectivity index (χ2n) is 7.87. The Morgan fingerprint density at radius 2 is 2.00 bits per heavy atom. The molecule has 1 saturated heterocycles. The van der Waals surface area contributed by atoms with Crippen molar-refractivity contribution in [2.24, 2.45) is 5.92 Å². The number of hydrogen-bond acceptors (Lipinski definition) is 6. The lowest BCUT2D eigenvalue weighted by atomic mass is 9.73. The molecule has 30 heavy (non-hydrogen) atoms. The summed E-state index contributed by atoms with van der Waals surface area (Å²) in [5.41, 5.74) is 0.464. The van der Waals surface area contributed by atoms with Crippen LogP contribution in [0.4, 0.5) is 5.69 Å². The number of carbonyl (C=O) groups is 2. The van der Waals surface area contributed by atoms with Crippen LogP contribution in [0.5, 0.6) is 17.2 Å². The van der Waals surface area contributed by atoms with Gasteiger partial charge in [0.1, 0.15) is 11.7 Å². The molecular weight excluding hydrogens is 388 g/mol. The van der Waals surface area contributed by atoms with Crippen molar-refractivity contribution in [2.45, 2.75) is 25.0 Å². The number of benzene rings is 2. The third-order valence-corrected chi connectivity index (χ3v) is 6.00. The van der Waals surface area contributed by atoms with E-state index in [1.807, 2.05) is 31.2 Å². The summed E-state index contributed by atoms with van der Waals surface area (Å²) in [5, 5.41) is 12.4. The number of aliphatic hydroxyl groups excluding tert-OH is 1. The smallest absolute Gasteiger partial charge is 0.238 e. The van der Waals surface area contributed by atoms with Crippen LogP contribution in [-0.2, 0) is 9.59 Å². The second kappa shape index (κ2) is 6.91. The number of fused-ring (bicyclic) bond motifs is 5. The molecule has 0 aromatic heterocycles. The number of likely N-dealkylation sites (tertiary alicyclic amines) is 1. The lowest BCUT2D eigenvalue weighted by Gasteiger charge is -2.52. The number of para-hydroxylation sites is 1. The molecule has 3 heterocycles. The molecule has 0 unspecified atom stereocenters. The van der Waals surface area contributed by atoms with Crippen LogP contribution in [-0.4, -0.2) is 47.5 Å². The van der Waals surface area contributed by atoms with Crippen LogP contribution >= 0.6 is 0 Å². The molecule has 8 nitrogen and oxygen atoms in total. The van der Waals surface area contributed by atoms with Crippen molar-refractivity contribution in [1.29, 1.82) is 0 Å². The molecule has 3 aliphatic rings. The van der Waals surface area contributed by atoms with Gasteiger partial charge in [0.25, 0.3) is 0 Å². The Bertz CT molecular complexity index is 1020. The molecule has 2 aromatic carbocycles. The zero-order valence-corrected chi connectivity index (χ0v) is 16.5. The number of aliphatic hydroxyl groups is 1. The zero-order valence-electron chi connectivity index (χ0n) is 16.5. The van der Waals surface area contributed by atoms with Gasteiger partial charge >= 0.3 is 0 Å². The summed E-state index contributed by atoms with van der Waals surface area (Å²) < 4.78 is 16.8. The topological polar surface area (TPSA) is 97.3 Å². The maximum atomic E-state index is 13.4. The molecule has 0 aliphatic carbocycles. The summed E-state index contributed by atoms with van der Waals surface area (Å²) in [5.74, 6) is -0.177. The molecule has 3 atom stereocenters. The Kier molecular flexibility index (Phi) is 4.32. The number of carbonyl (C=O) groups excluding carboxylic acids is 2. The number of β-amino-alcohol motifs (C(OH)–C–C–N with tert-alkyl or cyclic N) is 1. The largest absolute Gasteiger partial charge is 0.468 e.